The summed E-state index contributed by atoms with van der Waals surface area (Å²) >= 11 is 0. The fourth-order valence-electron chi connectivity index (χ4n) is 5.39. The molecule has 2 aromatic heterocycles. The van der Waals surface area contributed by atoms with Gasteiger partial charge in [-0.15, -0.1) is 5.10 Å². The van der Waals surface area contributed by atoms with Gasteiger partial charge in [0.25, 0.3) is 5.91 Å². The van der Waals surface area contributed by atoms with Gasteiger partial charge in [0, 0.05) is 19.0 Å². The Morgan fingerprint density at radius 3 is 2.46 bits per heavy atom. The van der Waals surface area contributed by atoms with Crippen molar-refractivity contribution >= 4 is 11.6 Å². The van der Waals surface area contributed by atoms with Gasteiger partial charge in [-0.1, -0.05) is 19.3 Å². The van der Waals surface area contributed by atoms with Crippen molar-refractivity contribution in [3.8, 4) is 23.2 Å². The van der Waals surface area contributed by atoms with E-state index in [0.717, 1.165) is 49.3 Å². The van der Waals surface area contributed by atoms with Crippen molar-refractivity contribution < 1.29 is 23.4 Å². The molecule has 1 atom stereocenters. The molecule has 0 saturated heterocycles. The number of hydrogen-bond acceptors (Lipinski definition) is 8. The van der Waals surface area contributed by atoms with Crippen LogP contribution in [0.25, 0.3) is 5.69 Å². The second-order valence-electron chi connectivity index (χ2n) is 9.96. The maximum absolute atomic E-state index is 15.6. The molecule has 1 amide bonds. The van der Waals surface area contributed by atoms with E-state index in [1.54, 1.807) is 4.57 Å². The molecule has 11 nitrogen and oxygen atoms in total. The van der Waals surface area contributed by atoms with Gasteiger partial charge in [0.05, 0.1) is 25.9 Å². The first-order valence-electron chi connectivity index (χ1n) is 13.3. The van der Waals surface area contributed by atoms with Crippen LogP contribution in [0.2, 0.25) is 0 Å². The van der Waals surface area contributed by atoms with Gasteiger partial charge >= 0.3 is 5.69 Å². The standard InChI is InChI=1S/C27H33FN6O5/c1-16(17-9-5-4-6-10-17)39-21-14-20(34-27(36)33-12-8-7-11-22(33)32-34)19(28)13-18(21)24(35)31-23-25(37-2)29-15-30-26(23)38-3/h13-17H,4-12H2,1-3H3,(H,31,35). The van der Waals surface area contributed by atoms with E-state index in [1.807, 2.05) is 6.92 Å². The van der Waals surface area contributed by atoms with Crippen LogP contribution in [-0.4, -0.2) is 50.5 Å². The fourth-order valence-corrected chi connectivity index (χ4v) is 5.39. The van der Waals surface area contributed by atoms with Crippen LogP contribution in [-0.2, 0) is 13.0 Å². The van der Waals surface area contributed by atoms with E-state index >= 15 is 4.39 Å². The average Bonchev–Trinajstić information content (AvgIpc) is 3.30. The highest BCUT2D eigenvalue weighted by Gasteiger charge is 2.28. The van der Waals surface area contributed by atoms with E-state index in [-0.39, 0.29) is 40.6 Å². The van der Waals surface area contributed by atoms with E-state index in [4.69, 9.17) is 14.2 Å². The molecule has 1 N–H and O–H groups in total. The van der Waals surface area contributed by atoms with Crippen LogP contribution >= 0.6 is 0 Å². The Kier molecular flexibility index (Phi) is 7.80. The Morgan fingerprint density at radius 1 is 1.08 bits per heavy atom. The number of rotatable bonds is 8. The number of benzene rings is 1. The molecule has 3 heterocycles. The topological polar surface area (TPSA) is 122 Å². The molecule has 0 radical (unpaired) electrons. The first-order valence-corrected chi connectivity index (χ1v) is 13.3. The summed E-state index contributed by atoms with van der Waals surface area (Å²) in [5.74, 6) is -0.217. The molecule has 1 aliphatic carbocycles. The molecule has 3 aromatic rings. The molecule has 1 aromatic carbocycles. The molecule has 1 unspecified atom stereocenters. The van der Waals surface area contributed by atoms with Crippen LogP contribution in [0.1, 0.15) is 68.1 Å². The van der Waals surface area contributed by atoms with Gasteiger partial charge in [-0.3, -0.25) is 9.36 Å². The van der Waals surface area contributed by atoms with Crippen LogP contribution in [0.4, 0.5) is 10.1 Å². The summed E-state index contributed by atoms with van der Waals surface area (Å²) in [5.41, 5.74) is -0.435. The number of nitrogens with zero attached hydrogens (tertiary/aromatic N) is 5. The number of carbonyl (C=O) groups excluding carboxylic acids is 1. The van der Waals surface area contributed by atoms with Crippen LogP contribution in [0.15, 0.2) is 23.3 Å². The number of fused-ring (bicyclic) bond motifs is 1. The lowest BCUT2D eigenvalue weighted by Crippen LogP contribution is -2.28. The average molecular weight is 541 g/mol. The Labute approximate surface area is 225 Å². The van der Waals surface area contributed by atoms with E-state index in [9.17, 15) is 9.59 Å². The molecule has 5 rings (SSSR count). The van der Waals surface area contributed by atoms with Gasteiger partial charge < -0.3 is 19.5 Å². The largest absolute Gasteiger partial charge is 0.490 e. The number of methoxy groups -OCH3 is 2. The predicted molar refractivity (Wildman–Crippen MR) is 140 cm³/mol. The zero-order valence-corrected chi connectivity index (χ0v) is 22.4. The van der Waals surface area contributed by atoms with Crippen LogP contribution in [0.5, 0.6) is 17.5 Å². The fraction of sp³-hybridized carbons (Fsp3) is 0.519. The number of carbonyl (C=O) groups is 1. The molecule has 0 bridgehead atoms. The van der Waals surface area contributed by atoms with Gasteiger partial charge in [-0.2, -0.15) is 14.6 Å². The molecule has 12 heteroatoms. The molecule has 0 spiro atoms. The number of hydrogen-bond donors (Lipinski definition) is 1. The van der Waals surface area contributed by atoms with Crippen LogP contribution in [0.3, 0.4) is 0 Å². The number of amides is 1. The summed E-state index contributed by atoms with van der Waals surface area (Å²) in [6, 6.07) is 2.46. The molecule has 208 valence electrons. The van der Waals surface area contributed by atoms with Crippen molar-refractivity contribution in [2.24, 2.45) is 5.92 Å². The first-order chi connectivity index (χ1) is 18.9. The highest BCUT2D eigenvalue weighted by molar-refractivity contribution is 6.07. The highest BCUT2D eigenvalue weighted by atomic mass is 19.1. The zero-order valence-electron chi connectivity index (χ0n) is 22.4. The van der Waals surface area contributed by atoms with Crippen LogP contribution < -0.4 is 25.2 Å². The Morgan fingerprint density at radius 2 is 1.79 bits per heavy atom. The van der Waals surface area contributed by atoms with Crippen molar-refractivity contribution in [3.63, 3.8) is 0 Å². The molecule has 1 saturated carbocycles. The van der Waals surface area contributed by atoms with E-state index in [2.05, 4.69) is 20.4 Å². The molecule has 39 heavy (non-hydrogen) atoms. The Hall–Kier alpha value is -3.96. The third-order valence-electron chi connectivity index (χ3n) is 7.52. The maximum atomic E-state index is 15.6. The summed E-state index contributed by atoms with van der Waals surface area (Å²) in [7, 11) is 2.79. The minimum Gasteiger partial charge on any atom is -0.490 e. The van der Waals surface area contributed by atoms with Crippen molar-refractivity contribution in [3.05, 3.63) is 46.1 Å². The number of ether oxygens (including phenoxy) is 3. The third-order valence-corrected chi connectivity index (χ3v) is 7.52. The first kappa shape index (κ1) is 26.6. The number of anilines is 1. The molecular formula is C27H33FN6O5. The lowest BCUT2D eigenvalue weighted by molar-refractivity contribution is 0.0996. The van der Waals surface area contributed by atoms with E-state index < -0.39 is 17.4 Å². The second kappa shape index (κ2) is 11.4. The normalized spacial score (nSPS) is 16.3. The number of aryl methyl sites for hydroxylation is 1. The van der Waals surface area contributed by atoms with Crippen molar-refractivity contribution in [1.82, 2.24) is 24.3 Å². The predicted octanol–water partition coefficient (Wildman–Crippen LogP) is 3.92. The third kappa shape index (κ3) is 5.32. The van der Waals surface area contributed by atoms with Gasteiger partial charge in [0.15, 0.2) is 5.69 Å². The molecule has 1 fully saturated rings. The second-order valence-corrected chi connectivity index (χ2v) is 9.96. The molecule has 1 aliphatic heterocycles. The Bertz CT molecular complexity index is 1390. The lowest BCUT2D eigenvalue weighted by Gasteiger charge is -2.29. The molecule has 2 aliphatic rings. The minimum absolute atomic E-state index is 0.0520. The Balaban J connectivity index is 1.56. The number of nitrogens with one attached hydrogen (secondary N) is 1. The van der Waals surface area contributed by atoms with Crippen LogP contribution in [0, 0.1) is 11.7 Å². The summed E-state index contributed by atoms with van der Waals surface area (Å²) < 4.78 is 35.1. The van der Waals surface area contributed by atoms with Crippen molar-refractivity contribution in [2.75, 3.05) is 19.5 Å². The number of aromatic nitrogens is 5. The van der Waals surface area contributed by atoms with Crippen molar-refractivity contribution in [1.29, 1.82) is 0 Å². The smallest absolute Gasteiger partial charge is 0.350 e. The summed E-state index contributed by atoms with van der Waals surface area (Å²) in [4.78, 5) is 34.7. The summed E-state index contributed by atoms with van der Waals surface area (Å²) in [6.45, 7) is 2.50. The van der Waals surface area contributed by atoms with E-state index in [1.165, 1.54) is 33.0 Å². The minimum atomic E-state index is -0.779. The monoisotopic (exact) mass is 540 g/mol. The maximum Gasteiger partial charge on any atom is 0.350 e. The summed E-state index contributed by atoms with van der Waals surface area (Å²) in [6.07, 6.45) is 8.89. The quantitative estimate of drug-likeness (QED) is 0.456. The van der Waals surface area contributed by atoms with Crippen molar-refractivity contribution in [2.45, 2.75) is 70.9 Å². The molecular weight excluding hydrogens is 507 g/mol. The highest BCUT2D eigenvalue weighted by Crippen LogP contribution is 2.34. The summed E-state index contributed by atoms with van der Waals surface area (Å²) in [5, 5.41) is 7.08. The van der Waals surface area contributed by atoms with Gasteiger partial charge in [0.2, 0.25) is 11.8 Å². The van der Waals surface area contributed by atoms with Gasteiger partial charge in [-0.25, -0.2) is 9.18 Å². The van der Waals surface area contributed by atoms with E-state index in [0.29, 0.717) is 24.7 Å². The SMILES string of the molecule is COc1ncnc(OC)c1NC(=O)c1cc(F)c(-n2nc3n(c2=O)CCCC3)cc1OC(C)C1CCCCC1. The van der Waals surface area contributed by atoms with Gasteiger partial charge in [-0.05, 0) is 44.6 Å². The number of halogens is 1. The zero-order chi connectivity index (χ0) is 27.5. The van der Waals surface area contributed by atoms with Gasteiger partial charge in [0.1, 0.15) is 29.4 Å². The lowest BCUT2D eigenvalue weighted by atomic mass is 9.86.